The fourth-order valence-corrected chi connectivity index (χ4v) is 5.59. The van der Waals surface area contributed by atoms with E-state index in [4.69, 9.17) is 27.9 Å². The van der Waals surface area contributed by atoms with Gasteiger partial charge in [-0.15, -0.1) is 0 Å². The molecule has 2 heterocycles. The molecule has 1 aliphatic heterocycles. The van der Waals surface area contributed by atoms with Crippen molar-refractivity contribution < 1.29 is 13.2 Å². The van der Waals surface area contributed by atoms with Gasteiger partial charge in [0.15, 0.2) is 0 Å². The topological polar surface area (TPSA) is 101 Å². The van der Waals surface area contributed by atoms with E-state index >= 15 is 0 Å². The fraction of sp³-hybridized carbons (Fsp3) is 0.273. The minimum absolute atomic E-state index is 0.0747. The summed E-state index contributed by atoms with van der Waals surface area (Å²) in [5.74, 6) is 0.750. The number of benzene rings is 2. The van der Waals surface area contributed by atoms with Crippen molar-refractivity contribution in [1.29, 1.82) is 0 Å². The van der Waals surface area contributed by atoms with Gasteiger partial charge in [0.2, 0.25) is 10.0 Å². The molecule has 0 radical (unpaired) electrons. The third kappa shape index (κ3) is 5.01. The Morgan fingerprint density at radius 3 is 2.58 bits per heavy atom. The molecule has 1 aliphatic rings. The molecule has 0 aliphatic carbocycles. The number of hydrogen-bond donors (Lipinski definition) is 1. The number of halogens is 2. The van der Waals surface area contributed by atoms with E-state index in [0.29, 0.717) is 46.5 Å². The van der Waals surface area contributed by atoms with Gasteiger partial charge >= 0.3 is 5.69 Å². The molecule has 1 N–H and O–H groups in total. The molecule has 1 aromatic heterocycles. The highest BCUT2D eigenvalue weighted by molar-refractivity contribution is 7.89. The number of ether oxygens (including phenoxy) is 1. The van der Waals surface area contributed by atoms with Crippen molar-refractivity contribution in [3.05, 3.63) is 85.1 Å². The van der Waals surface area contributed by atoms with Crippen LogP contribution in [0.3, 0.4) is 0 Å². The lowest BCUT2D eigenvalue weighted by Crippen LogP contribution is -2.44. The monoisotopic (exact) mass is 509 g/mol. The lowest BCUT2D eigenvalue weighted by atomic mass is 10.1. The van der Waals surface area contributed by atoms with Crippen LogP contribution in [0.25, 0.3) is 0 Å². The van der Waals surface area contributed by atoms with Gasteiger partial charge in [0.1, 0.15) is 11.5 Å². The van der Waals surface area contributed by atoms with Crippen LogP contribution in [0, 0.1) is 6.92 Å². The van der Waals surface area contributed by atoms with E-state index in [9.17, 15) is 18.0 Å². The molecule has 2 aromatic carbocycles. The second-order valence-corrected chi connectivity index (χ2v) is 10.5. The number of aryl methyl sites for hydroxylation is 1. The molecule has 0 unspecified atom stereocenters. The first-order valence-corrected chi connectivity index (χ1v) is 12.4. The zero-order valence-corrected chi connectivity index (χ0v) is 20.0. The third-order valence-corrected chi connectivity index (χ3v) is 8.07. The molecule has 3 aromatic rings. The third-order valence-electron chi connectivity index (χ3n) is 5.47. The summed E-state index contributed by atoms with van der Waals surface area (Å²) in [6, 6.07) is 10.6. The number of nitrogens with zero attached hydrogens (tertiary/aromatic N) is 2. The number of H-pyrrole nitrogens is 1. The van der Waals surface area contributed by atoms with Crippen LogP contribution in [-0.4, -0.2) is 35.4 Å². The zero-order chi connectivity index (χ0) is 23.8. The largest absolute Gasteiger partial charge is 0.457 e. The molecule has 1 fully saturated rings. The predicted molar refractivity (Wildman–Crippen MR) is 126 cm³/mol. The Hall–Kier alpha value is -2.59. The maximum atomic E-state index is 13.4. The van der Waals surface area contributed by atoms with Crippen molar-refractivity contribution in [1.82, 2.24) is 13.9 Å². The molecule has 8 nitrogen and oxygen atoms in total. The van der Waals surface area contributed by atoms with E-state index in [-0.39, 0.29) is 17.5 Å². The Balaban J connectivity index is 1.58. The number of rotatable bonds is 5. The number of aromatic amines is 1. The lowest BCUT2D eigenvalue weighted by molar-refractivity contribution is 0.260. The first-order valence-electron chi connectivity index (χ1n) is 10.2. The molecular formula is C22H21Cl2N3O5S. The normalized spacial score (nSPS) is 17.1. The van der Waals surface area contributed by atoms with Gasteiger partial charge in [0.05, 0.1) is 21.0 Å². The summed E-state index contributed by atoms with van der Waals surface area (Å²) in [6.45, 7) is 2.05. The summed E-state index contributed by atoms with van der Waals surface area (Å²) < 4.78 is 35.2. The van der Waals surface area contributed by atoms with Crippen LogP contribution >= 0.6 is 23.2 Å². The molecule has 0 saturated carbocycles. The van der Waals surface area contributed by atoms with E-state index in [1.807, 2.05) is 0 Å². The van der Waals surface area contributed by atoms with Crippen molar-refractivity contribution >= 4 is 33.2 Å². The van der Waals surface area contributed by atoms with Gasteiger partial charge < -0.3 is 4.74 Å². The van der Waals surface area contributed by atoms with Crippen LogP contribution in [0.15, 0.2) is 63.1 Å². The lowest BCUT2D eigenvalue weighted by Gasteiger charge is -2.32. The van der Waals surface area contributed by atoms with Crippen molar-refractivity contribution in [3.63, 3.8) is 0 Å². The van der Waals surface area contributed by atoms with Crippen LogP contribution < -0.4 is 16.0 Å². The van der Waals surface area contributed by atoms with Gasteiger partial charge in [-0.1, -0.05) is 29.3 Å². The summed E-state index contributed by atoms with van der Waals surface area (Å²) in [4.78, 5) is 26.3. The fourth-order valence-electron chi connectivity index (χ4n) is 3.75. The van der Waals surface area contributed by atoms with Gasteiger partial charge in [-0.05, 0) is 44.0 Å². The Bertz CT molecular complexity index is 1420. The van der Waals surface area contributed by atoms with Crippen LogP contribution in [0.1, 0.15) is 24.4 Å². The average Bonchev–Trinajstić information content (AvgIpc) is 2.79. The van der Waals surface area contributed by atoms with Gasteiger partial charge in [-0.25, -0.2) is 13.2 Å². The van der Waals surface area contributed by atoms with Crippen molar-refractivity contribution in [2.45, 2.75) is 30.7 Å². The smallest absolute Gasteiger partial charge is 0.328 e. The summed E-state index contributed by atoms with van der Waals surface area (Å²) >= 11 is 11.9. The Labute approximate surface area is 200 Å². The van der Waals surface area contributed by atoms with Gasteiger partial charge in [0, 0.05) is 37.0 Å². The molecule has 174 valence electrons. The molecule has 1 atom stereocenters. The van der Waals surface area contributed by atoms with E-state index in [1.165, 1.54) is 27.2 Å². The quantitative estimate of drug-likeness (QED) is 0.560. The molecular weight excluding hydrogens is 489 g/mol. The van der Waals surface area contributed by atoms with Crippen LogP contribution in [0.2, 0.25) is 10.0 Å². The van der Waals surface area contributed by atoms with Crippen LogP contribution in [0.5, 0.6) is 11.5 Å². The highest BCUT2D eigenvalue weighted by Gasteiger charge is 2.31. The predicted octanol–water partition coefficient (Wildman–Crippen LogP) is 3.97. The SMILES string of the molecule is Cc1cn([C@H]2CCCN(S(=O)(=O)c3cccc(Oc4ccc(Cl)c(Cl)c4)c3)C2)c(=O)[nH]c1=O. The molecule has 0 bridgehead atoms. The maximum absolute atomic E-state index is 13.4. The van der Waals surface area contributed by atoms with Gasteiger partial charge in [-0.2, -0.15) is 4.31 Å². The molecule has 33 heavy (non-hydrogen) atoms. The van der Waals surface area contributed by atoms with E-state index in [1.54, 1.807) is 37.3 Å². The number of sulfonamides is 1. The second kappa shape index (κ2) is 9.34. The molecule has 11 heteroatoms. The summed E-state index contributed by atoms with van der Waals surface area (Å²) in [6.07, 6.45) is 2.68. The van der Waals surface area contributed by atoms with Gasteiger partial charge in [-0.3, -0.25) is 14.3 Å². The number of hydrogen-bond acceptors (Lipinski definition) is 5. The van der Waals surface area contributed by atoms with E-state index in [0.717, 1.165) is 0 Å². The molecule has 0 spiro atoms. The number of aromatic nitrogens is 2. The second-order valence-electron chi connectivity index (χ2n) is 7.79. The van der Waals surface area contributed by atoms with Crippen LogP contribution in [-0.2, 0) is 10.0 Å². The Kier molecular flexibility index (Phi) is 6.67. The summed E-state index contributed by atoms with van der Waals surface area (Å²) in [5.41, 5.74) is -0.607. The Morgan fingerprint density at radius 2 is 1.82 bits per heavy atom. The van der Waals surface area contributed by atoms with Gasteiger partial charge in [0.25, 0.3) is 5.56 Å². The average molecular weight is 510 g/mol. The molecule has 1 saturated heterocycles. The minimum Gasteiger partial charge on any atom is -0.457 e. The number of piperidine rings is 1. The van der Waals surface area contributed by atoms with Crippen LogP contribution in [0.4, 0.5) is 0 Å². The summed E-state index contributed by atoms with van der Waals surface area (Å²) in [5, 5.41) is 0.710. The maximum Gasteiger partial charge on any atom is 0.328 e. The first-order chi connectivity index (χ1) is 15.6. The zero-order valence-electron chi connectivity index (χ0n) is 17.6. The molecule has 0 amide bonds. The van der Waals surface area contributed by atoms with E-state index in [2.05, 4.69) is 4.98 Å². The number of nitrogens with one attached hydrogen (secondary N) is 1. The standard InChI is InChI=1S/C22H21Cl2N3O5S/c1-14-12-27(22(29)25-21(14)28)15-4-3-9-26(13-15)33(30,31)18-6-2-5-16(10-18)32-17-7-8-19(23)20(24)11-17/h2,5-8,10-12,15H,3-4,9,13H2,1H3,(H,25,28,29)/t15-/m0/s1. The highest BCUT2D eigenvalue weighted by Crippen LogP contribution is 2.31. The van der Waals surface area contributed by atoms with Crippen molar-refractivity contribution in [3.8, 4) is 11.5 Å². The van der Waals surface area contributed by atoms with Crippen molar-refractivity contribution in [2.75, 3.05) is 13.1 Å². The Morgan fingerprint density at radius 1 is 1.06 bits per heavy atom. The summed E-state index contributed by atoms with van der Waals surface area (Å²) in [7, 11) is -3.84. The minimum atomic E-state index is -3.84. The molecule has 4 rings (SSSR count). The first kappa shape index (κ1) is 23.6. The van der Waals surface area contributed by atoms with E-state index < -0.39 is 21.3 Å². The van der Waals surface area contributed by atoms with Crippen molar-refractivity contribution in [2.24, 2.45) is 0 Å². The highest BCUT2D eigenvalue weighted by atomic mass is 35.5.